The number of ether oxygens (including phenoxy) is 1. The first kappa shape index (κ1) is 18.6. The first-order valence-electron chi connectivity index (χ1n) is 9.93. The Kier molecular flexibility index (Phi) is 4.62. The monoisotopic (exact) mass is 408 g/mol. The molecule has 156 valence electrons. The average molecular weight is 408 g/mol. The van der Waals surface area contributed by atoms with Gasteiger partial charge in [0.25, 0.3) is 0 Å². The maximum atomic E-state index is 12.8. The number of carbonyl (C=O) groups is 1. The highest BCUT2D eigenvalue weighted by Gasteiger charge is 2.37. The van der Waals surface area contributed by atoms with Gasteiger partial charge in [0.2, 0.25) is 5.91 Å². The van der Waals surface area contributed by atoms with Crippen LogP contribution in [-0.2, 0) is 9.53 Å². The minimum atomic E-state index is 0. The van der Waals surface area contributed by atoms with Crippen LogP contribution >= 0.6 is 0 Å². The highest BCUT2D eigenvalue weighted by atomic mass is 16.5. The van der Waals surface area contributed by atoms with Crippen molar-refractivity contribution in [2.45, 2.75) is 38.3 Å². The molecular weight excluding hydrogens is 384 g/mol. The van der Waals surface area contributed by atoms with Crippen LogP contribution < -0.4 is 10.2 Å². The van der Waals surface area contributed by atoms with Gasteiger partial charge >= 0.3 is 0 Å². The summed E-state index contributed by atoms with van der Waals surface area (Å²) in [7, 11) is 1.72. The summed E-state index contributed by atoms with van der Waals surface area (Å²) >= 11 is 0. The second kappa shape index (κ2) is 7.45. The van der Waals surface area contributed by atoms with Crippen LogP contribution in [0.2, 0.25) is 0 Å². The van der Waals surface area contributed by atoms with Crippen LogP contribution in [0.25, 0.3) is 22.8 Å². The minimum Gasteiger partial charge on any atom is -0.381 e. The molecule has 10 nitrogen and oxygen atoms in total. The number of carbonyl (C=O) groups excluding carboxylic acids is 1. The summed E-state index contributed by atoms with van der Waals surface area (Å²) in [6.07, 6.45) is 5.97. The Balaban J connectivity index is 0.00000231. The molecule has 2 aliphatic rings. The van der Waals surface area contributed by atoms with Crippen molar-refractivity contribution in [1.82, 2.24) is 30.1 Å². The summed E-state index contributed by atoms with van der Waals surface area (Å²) in [5.74, 6) is 1.81. The number of H-pyrrole nitrogens is 1. The van der Waals surface area contributed by atoms with Crippen LogP contribution in [0, 0.1) is 6.92 Å². The molecule has 1 amide bonds. The maximum absolute atomic E-state index is 12.8. The number of pyridine rings is 1. The van der Waals surface area contributed by atoms with Crippen LogP contribution in [0.1, 0.15) is 26.4 Å². The third kappa shape index (κ3) is 3.18. The van der Waals surface area contributed by atoms with E-state index in [0.29, 0.717) is 28.8 Å². The molecule has 1 saturated carbocycles. The molecule has 4 heterocycles. The largest absolute Gasteiger partial charge is 0.381 e. The Morgan fingerprint density at radius 2 is 2.10 bits per heavy atom. The number of anilines is 2. The molecule has 0 saturated heterocycles. The topological polar surface area (TPSA) is 122 Å². The van der Waals surface area contributed by atoms with Crippen LogP contribution in [0.15, 0.2) is 24.7 Å². The van der Waals surface area contributed by atoms with E-state index in [1.807, 2.05) is 19.1 Å². The summed E-state index contributed by atoms with van der Waals surface area (Å²) in [4.78, 5) is 32.7. The zero-order valence-corrected chi connectivity index (χ0v) is 16.8. The molecule has 0 bridgehead atoms. The van der Waals surface area contributed by atoms with E-state index in [1.165, 1.54) is 6.33 Å². The number of nitrogens with zero attached hydrogens (tertiary/aromatic N) is 6. The van der Waals surface area contributed by atoms with E-state index >= 15 is 0 Å². The van der Waals surface area contributed by atoms with Crippen molar-refractivity contribution in [2.75, 3.05) is 23.9 Å². The van der Waals surface area contributed by atoms with E-state index in [9.17, 15) is 4.79 Å². The summed E-state index contributed by atoms with van der Waals surface area (Å²) in [5, 5.41) is 9.77. The molecule has 0 radical (unpaired) electrons. The predicted molar refractivity (Wildman–Crippen MR) is 112 cm³/mol. The molecule has 0 spiro atoms. The minimum absolute atomic E-state index is 0. The molecule has 30 heavy (non-hydrogen) atoms. The van der Waals surface area contributed by atoms with E-state index in [4.69, 9.17) is 9.72 Å². The van der Waals surface area contributed by atoms with E-state index in [2.05, 4.69) is 30.5 Å². The zero-order valence-electron chi connectivity index (χ0n) is 16.8. The van der Waals surface area contributed by atoms with Crippen LogP contribution in [0.4, 0.5) is 11.6 Å². The Morgan fingerprint density at radius 1 is 1.20 bits per heavy atom. The van der Waals surface area contributed by atoms with Gasteiger partial charge in [-0.2, -0.15) is 5.10 Å². The summed E-state index contributed by atoms with van der Waals surface area (Å²) < 4.78 is 5.50. The van der Waals surface area contributed by atoms with Crippen molar-refractivity contribution in [1.29, 1.82) is 0 Å². The number of rotatable bonds is 4. The number of aromatic amines is 1. The molecule has 1 fully saturated rings. The lowest BCUT2D eigenvalue weighted by atomic mass is 10.1. The lowest BCUT2D eigenvalue weighted by Crippen LogP contribution is -2.46. The third-order valence-corrected chi connectivity index (χ3v) is 5.73. The summed E-state index contributed by atoms with van der Waals surface area (Å²) in [5.41, 5.74) is 3.02. The number of amides is 1. The molecule has 3 aromatic rings. The van der Waals surface area contributed by atoms with Crippen molar-refractivity contribution in [2.24, 2.45) is 0 Å². The van der Waals surface area contributed by atoms with E-state index in [0.717, 1.165) is 30.5 Å². The average Bonchev–Trinajstić information content (AvgIpc) is 3.45. The van der Waals surface area contributed by atoms with E-state index in [-0.39, 0.29) is 26.0 Å². The second-order valence-corrected chi connectivity index (χ2v) is 7.53. The Bertz CT molecular complexity index is 1090. The molecule has 2 atom stereocenters. The van der Waals surface area contributed by atoms with Gasteiger partial charge in [-0.1, -0.05) is 0 Å². The van der Waals surface area contributed by atoms with Gasteiger partial charge in [-0.3, -0.25) is 14.8 Å². The van der Waals surface area contributed by atoms with Crippen molar-refractivity contribution in [3.63, 3.8) is 0 Å². The smallest absolute Gasteiger partial charge is 0.247 e. The maximum Gasteiger partial charge on any atom is 0.247 e. The van der Waals surface area contributed by atoms with Gasteiger partial charge in [-0.15, -0.1) is 0 Å². The normalized spacial score (nSPS) is 20.9. The first-order chi connectivity index (χ1) is 14.6. The number of hydrogen-bond acceptors (Lipinski definition) is 8. The molecule has 5 rings (SSSR count). The first-order valence-corrected chi connectivity index (χ1v) is 9.93. The van der Waals surface area contributed by atoms with Crippen LogP contribution in [0.3, 0.4) is 0 Å². The van der Waals surface area contributed by atoms with Gasteiger partial charge in [-0.25, -0.2) is 19.9 Å². The van der Waals surface area contributed by atoms with Gasteiger partial charge in [0.1, 0.15) is 12.0 Å². The molecule has 1 aliphatic carbocycles. The van der Waals surface area contributed by atoms with Gasteiger partial charge < -0.3 is 10.1 Å². The number of fused-ring (bicyclic) bond motifs is 1. The molecule has 2 N–H and O–H groups in total. The fourth-order valence-corrected chi connectivity index (χ4v) is 4.20. The van der Waals surface area contributed by atoms with Crippen molar-refractivity contribution in [3.8, 4) is 22.8 Å². The second-order valence-electron chi connectivity index (χ2n) is 7.53. The zero-order chi connectivity index (χ0) is 20.7. The Morgan fingerprint density at radius 3 is 2.83 bits per heavy atom. The number of aryl methyl sites for hydroxylation is 1. The number of nitrogens with one attached hydrogen (secondary N) is 2. The lowest BCUT2D eigenvalue weighted by molar-refractivity contribution is -0.117. The highest BCUT2D eigenvalue weighted by molar-refractivity contribution is 6.01. The van der Waals surface area contributed by atoms with Crippen LogP contribution in [0.5, 0.6) is 0 Å². The highest BCUT2D eigenvalue weighted by Crippen LogP contribution is 2.35. The number of hydrogen-bond donors (Lipinski definition) is 2. The van der Waals surface area contributed by atoms with Crippen molar-refractivity contribution < 1.29 is 11.0 Å². The SMILES string of the molecule is CO[C@@H]1CC[C@H](N2C(=O)CNc3ncc(-c4ccc(-c5ncn[nH]5)nc4C)nc32)C1.[HH]. The third-order valence-electron chi connectivity index (χ3n) is 5.73. The van der Waals surface area contributed by atoms with Crippen LogP contribution in [-0.4, -0.2) is 61.8 Å². The fourth-order valence-electron chi connectivity index (χ4n) is 4.20. The van der Waals surface area contributed by atoms with E-state index < -0.39 is 0 Å². The lowest BCUT2D eigenvalue weighted by Gasteiger charge is -2.33. The Labute approximate surface area is 174 Å². The van der Waals surface area contributed by atoms with Crippen molar-refractivity contribution in [3.05, 3.63) is 30.4 Å². The summed E-state index contributed by atoms with van der Waals surface area (Å²) in [6.45, 7) is 2.14. The van der Waals surface area contributed by atoms with Gasteiger partial charge in [0, 0.05) is 25.8 Å². The fraction of sp³-hybridized carbons (Fsp3) is 0.400. The molecule has 10 heteroatoms. The Hall–Kier alpha value is -3.40. The standard InChI is InChI=1S/C20H22N8O2.H2/c1-11-14(5-6-15(25-11)18-23-10-24-27-18)16-8-21-19-20(26-16)28(17(29)9-22-19)12-3-4-13(7-12)30-2;/h5-6,8,10,12-13H,3-4,7,9H2,1-2H3,(H,21,22)(H,23,24,27);1H/t12-,13+;/m0./s1. The van der Waals surface area contributed by atoms with Gasteiger partial charge in [0.05, 0.1) is 24.5 Å². The molecule has 3 aromatic heterocycles. The van der Waals surface area contributed by atoms with Gasteiger partial charge in [-0.05, 0) is 38.3 Å². The summed E-state index contributed by atoms with van der Waals surface area (Å²) in [6, 6.07) is 3.88. The van der Waals surface area contributed by atoms with Crippen molar-refractivity contribution >= 4 is 17.5 Å². The molecule has 0 aromatic carbocycles. The molecule has 0 unspecified atom stereocenters. The molecule has 1 aliphatic heterocycles. The van der Waals surface area contributed by atoms with Gasteiger partial charge in [0.15, 0.2) is 17.5 Å². The number of methoxy groups -OCH3 is 1. The predicted octanol–water partition coefficient (Wildman–Crippen LogP) is 2.20. The quantitative estimate of drug-likeness (QED) is 0.674. The number of aromatic nitrogens is 6. The molecular formula is C20H24N8O2. The van der Waals surface area contributed by atoms with E-state index in [1.54, 1.807) is 18.2 Å².